The van der Waals surface area contributed by atoms with Gasteiger partial charge in [-0.2, -0.15) is 22.0 Å². The van der Waals surface area contributed by atoms with E-state index in [-0.39, 0.29) is 54.2 Å². The molecule has 3 atom stereocenters. The maximum atomic E-state index is 13.1. The van der Waals surface area contributed by atoms with E-state index >= 15 is 0 Å². The maximum absolute atomic E-state index is 13.1. The molecule has 0 bridgehead atoms. The summed E-state index contributed by atoms with van der Waals surface area (Å²) >= 11 is 0. The lowest BCUT2D eigenvalue weighted by molar-refractivity contribution is -0.284. The number of halogens is 5. The lowest BCUT2D eigenvalue weighted by atomic mass is 9.63. The summed E-state index contributed by atoms with van der Waals surface area (Å²) < 4.78 is 74.6. The third kappa shape index (κ3) is 11.0. The first-order chi connectivity index (χ1) is 22.8. The van der Waals surface area contributed by atoms with Gasteiger partial charge in [0, 0.05) is 23.8 Å². The first-order valence-electron chi connectivity index (χ1n) is 17.7. The standard InChI is InChI=1S/C38H53F5O5/c1-3-36(29-19-21-30(44)22-20-29)27-48-34-26-31(45)23-24-32(34)33(36)18-14-9-7-5-6-8-12-16-28(35(46)47-4-2)17-13-10-11-15-25-37(39,40)38(41,42)43/h19-24,26,28,33,44-45H,3-18,25,27H2,1-2H3/t28?,33-,36-/m1/s1. The minimum Gasteiger partial charge on any atom is -0.508 e. The lowest BCUT2D eigenvalue weighted by Crippen LogP contribution is -2.42. The van der Waals surface area contributed by atoms with Crippen molar-refractivity contribution in [3.63, 3.8) is 0 Å². The Kier molecular flexibility index (Phi) is 15.3. The van der Waals surface area contributed by atoms with Crippen LogP contribution in [0.25, 0.3) is 0 Å². The number of aromatic hydroxyl groups is 2. The topological polar surface area (TPSA) is 76.0 Å². The Morgan fingerprint density at radius 2 is 1.40 bits per heavy atom. The van der Waals surface area contributed by atoms with Gasteiger partial charge in [-0.25, -0.2) is 0 Å². The molecule has 3 rings (SSSR count). The van der Waals surface area contributed by atoms with Crippen molar-refractivity contribution >= 4 is 5.97 Å². The molecular formula is C38H53F5O5. The second-order valence-corrected chi connectivity index (χ2v) is 13.3. The Balaban J connectivity index is 1.40. The van der Waals surface area contributed by atoms with Crippen molar-refractivity contribution in [2.45, 2.75) is 140 Å². The number of fused-ring (bicyclic) bond motifs is 1. The molecule has 2 aromatic carbocycles. The van der Waals surface area contributed by atoms with E-state index in [1.54, 1.807) is 31.2 Å². The summed E-state index contributed by atoms with van der Waals surface area (Å²) in [7, 11) is 0. The lowest BCUT2D eigenvalue weighted by Gasteiger charge is -2.45. The van der Waals surface area contributed by atoms with Gasteiger partial charge in [-0.15, -0.1) is 0 Å². The number of carbonyl (C=O) groups excluding carboxylic acids is 1. The number of rotatable bonds is 21. The van der Waals surface area contributed by atoms with Gasteiger partial charge in [0.05, 0.1) is 19.1 Å². The van der Waals surface area contributed by atoms with E-state index in [0.29, 0.717) is 32.3 Å². The zero-order valence-corrected chi connectivity index (χ0v) is 28.4. The van der Waals surface area contributed by atoms with Crippen LogP contribution in [0.3, 0.4) is 0 Å². The predicted molar refractivity (Wildman–Crippen MR) is 177 cm³/mol. The molecule has 2 aromatic rings. The van der Waals surface area contributed by atoms with Crippen molar-refractivity contribution in [1.29, 1.82) is 0 Å². The van der Waals surface area contributed by atoms with Gasteiger partial charge in [-0.3, -0.25) is 4.79 Å². The number of hydrogen-bond acceptors (Lipinski definition) is 5. The molecule has 1 heterocycles. The summed E-state index contributed by atoms with van der Waals surface area (Å²) in [5.74, 6) is -3.85. The molecular weight excluding hydrogens is 631 g/mol. The number of hydrogen-bond donors (Lipinski definition) is 2. The fraction of sp³-hybridized carbons (Fsp3) is 0.658. The van der Waals surface area contributed by atoms with E-state index in [1.165, 1.54) is 0 Å². The van der Waals surface area contributed by atoms with Crippen molar-refractivity contribution in [1.82, 2.24) is 0 Å². The minimum atomic E-state index is -5.51. The van der Waals surface area contributed by atoms with Gasteiger partial charge >= 0.3 is 18.1 Å². The van der Waals surface area contributed by atoms with Crippen LogP contribution < -0.4 is 4.74 Å². The highest BCUT2D eigenvalue weighted by atomic mass is 19.4. The van der Waals surface area contributed by atoms with Crippen molar-refractivity contribution in [2.75, 3.05) is 13.2 Å². The van der Waals surface area contributed by atoms with Gasteiger partial charge in [0.1, 0.15) is 17.2 Å². The van der Waals surface area contributed by atoms with Crippen LogP contribution in [0, 0.1) is 5.92 Å². The SMILES string of the molecule is CCOC(=O)C(CCCCCCCCC[C@@H]1c2ccc(O)cc2OC[C@]1(CC)c1ccc(O)cc1)CCCCCCC(F)(F)C(F)(F)F. The summed E-state index contributed by atoms with van der Waals surface area (Å²) in [4.78, 5) is 12.5. The normalized spacial score (nSPS) is 18.6. The number of benzene rings is 2. The summed E-state index contributed by atoms with van der Waals surface area (Å²) in [6, 6.07) is 12.8. The quantitative estimate of drug-likeness (QED) is 0.0778. The number of phenols is 2. The summed E-state index contributed by atoms with van der Waals surface area (Å²) in [6.07, 6.45) is 4.73. The molecule has 1 aliphatic heterocycles. The van der Waals surface area contributed by atoms with Gasteiger partial charge in [-0.05, 0) is 68.4 Å². The van der Waals surface area contributed by atoms with E-state index < -0.39 is 18.5 Å². The minimum absolute atomic E-state index is 0.183. The van der Waals surface area contributed by atoms with E-state index in [0.717, 1.165) is 74.7 Å². The van der Waals surface area contributed by atoms with Gasteiger partial charge in [0.15, 0.2) is 0 Å². The highest BCUT2D eigenvalue weighted by molar-refractivity contribution is 5.72. The second kappa shape index (κ2) is 18.6. The van der Waals surface area contributed by atoms with Gasteiger partial charge < -0.3 is 19.7 Å². The van der Waals surface area contributed by atoms with E-state index in [1.807, 2.05) is 18.2 Å². The Morgan fingerprint density at radius 3 is 1.98 bits per heavy atom. The van der Waals surface area contributed by atoms with Crippen LogP contribution >= 0.6 is 0 Å². The molecule has 0 saturated carbocycles. The van der Waals surface area contributed by atoms with Crippen LogP contribution in [0.1, 0.15) is 134 Å². The van der Waals surface area contributed by atoms with Crippen molar-refractivity contribution in [2.24, 2.45) is 5.92 Å². The molecule has 5 nitrogen and oxygen atoms in total. The van der Waals surface area contributed by atoms with E-state index in [2.05, 4.69) is 6.92 Å². The molecule has 10 heteroatoms. The molecule has 48 heavy (non-hydrogen) atoms. The average molecular weight is 685 g/mol. The van der Waals surface area contributed by atoms with Gasteiger partial charge in [-0.1, -0.05) is 89.3 Å². The van der Waals surface area contributed by atoms with E-state index in [9.17, 15) is 37.0 Å². The van der Waals surface area contributed by atoms with Gasteiger partial charge in [0.2, 0.25) is 0 Å². The molecule has 0 saturated heterocycles. The molecule has 2 N–H and O–H groups in total. The summed E-state index contributed by atoms with van der Waals surface area (Å²) in [5.41, 5.74) is 2.00. The summed E-state index contributed by atoms with van der Waals surface area (Å²) in [6.45, 7) is 4.70. The number of ether oxygens (including phenoxy) is 2. The van der Waals surface area contributed by atoms with Crippen molar-refractivity contribution < 1.29 is 46.4 Å². The number of esters is 1. The first kappa shape index (κ1) is 39.4. The largest absolute Gasteiger partial charge is 0.508 e. The van der Waals surface area contributed by atoms with Crippen LogP contribution in [-0.4, -0.2) is 41.5 Å². The Bertz CT molecular complexity index is 1250. The maximum Gasteiger partial charge on any atom is 0.453 e. The molecule has 1 aliphatic rings. The van der Waals surface area contributed by atoms with Crippen LogP contribution in [0.15, 0.2) is 42.5 Å². The number of alkyl halides is 5. The van der Waals surface area contributed by atoms with Crippen LogP contribution in [0.5, 0.6) is 17.2 Å². The third-order valence-corrected chi connectivity index (χ3v) is 9.97. The first-order valence-corrected chi connectivity index (χ1v) is 17.7. The monoisotopic (exact) mass is 684 g/mol. The number of carbonyl (C=O) groups is 1. The van der Waals surface area contributed by atoms with Crippen LogP contribution in [0.4, 0.5) is 22.0 Å². The smallest absolute Gasteiger partial charge is 0.453 e. The van der Waals surface area contributed by atoms with E-state index in [4.69, 9.17) is 9.47 Å². The Hall–Kier alpha value is -3.04. The van der Waals surface area contributed by atoms with Crippen LogP contribution in [0.2, 0.25) is 0 Å². The molecule has 0 aliphatic carbocycles. The Labute approximate surface area is 282 Å². The molecule has 0 fully saturated rings. The van der Waals surface area contributed by atoms with Crippen LogP contribution in [-0.2, 0) is 14.9 Å². The molecule has 0 radical (unpaired) electrons. The third-order valence-electron chi connectivity index (χ3n) is 9.97. The zero-order chi connectivity index (χ0) is 35.2. The summed E-state index contributed by atoms with van der Waals surface area (Å²) in [5, 5.41) is 19.9. The van der Waals surface area contributed by atoms with Crippen molar-refractivity contribution in [3.05, 3.63) is 53.6 Å². The Morgan fingerprint density at radius 1 is 0.833 bits per heavy atom. The molecule has 1 unspecified atom stereocenters. The van der Waals surface area contributed by atoms with Crippen molar-refractivity contribution in [3.8, 4) is 17.2 Å². The van der Waals surface area contributed by atoms with Gasteiger partial charge in [0.25, 0.3) is 0 Å². The second-order valence-electron chi connectivity index (χ2n) is 13.3. The molecule has 0 spiro atoms. The predicted octanol–water partition coefficient (Wildman–Crippen LogP) is 11.2. The highest BCUT2D eigenvalue weighted by Crippen LogP contribution is 2.51. The number of phenolic OH excluding ortho intramolecular Hbond substituents is 2. The fourth-order valence-corrected chi connectivity index (χ4v) is 7.10. The number of unbranched alkanes of at least 4 members (excludes halogenated alkanes) is 9. The average Bonchev–Trinajstić information content (AvgIpc) is 3.04. The highest BCUT2D eigenvalue weighted by Gasteiger charge is 2.56. The molecule has 0 amide bonds. The molecule has 0 aromatic heterocycles. The fourth-order valence-electron chi connectivity index (χ4n) is 7.10. The molecule has 270 valence electrons. The zero-order valence-electron chi connectivity index (χ0n) is 28.4.